The second-order valence-corrected chi connectivity index (χ2v) is 4.32. The lowest BCUT2D eigenvalue weighted by molar-refractivity contribution is -0.121. The van der Waals surface area contributed by atoms with Crippen LogP contribution in [0.5, 0.6) is 0 Å². The van der Waals surface area contributed by atoms with Gasteiger partial charge in [-0.25, -0.2) is 0 Å². The lowest BCUT2D eigenvalue weighted by atomic mass is 10.1. The normalized spacial score (nSPS) is 12.1. The summed E-state index contributed by atoms with van der Waals surface area (Å²) in [6.07, 6.45) is 1.24. The monoisotopic (exact) mass is 250 g/mol. The number of benzene rings is 1. The van der Waals surface area contributed by atoms with Crippen molar-refractivity contribution in [1.29, 1.82) is 0 Å². The average Bonchev–Trinajstić information content (AvgIpc) is 2.34. The number of hydrogen-bond acceptors (Lipinski definition) is 3. The number of amides is 1. The molecule has 0 bridgehead atoms. The van der Waals surface area contributed by atoms with Crippen molar-refractivity contribution in [3.05, 3.63) is 29.8 Å². The van der Waals surface area contributed by atoms with Crippen LogP contribution in [-0.2, 0) is 16.0 Å². The van der Waals surface area contributed by atoms with Crippen LogP contribution in [0.15, 0.2) is 24.3 Å². The smallest absolute Gasteiger partial charge is 0.220 e. The Morgan fingerprint density at radius 2 is 2.28 bits per heavy atom. The van der Waals surface area contributed by atoms with E-state index in [0.29, 0.717) is 26.0 Å². The molecule has 0 aliphatic rings. The van der Waals surface area contributed by atoms with Crippen molar-refractivity contribution in [1.82, 2.24) is 5.32 Å². The second kappa shape index (κ2) is 7.71. The van der Waals surface area contributed by atoms with Crippen LogP contribution in [-0.4, -0.2) is 25.2 Å². The molecule has 0 aromatic heterocycles. The molecule has 1 amide bonds. The van der Waals surface area contributed by atoms with Crippen LogP contribution in [0.3, 0.4) is 0 Å². The summed E-state index contributed by atoms with van der Waals surface area (Å²) in [7, 11) is 0. The van der Waals surface area contributed by atoms with Crippen LogP contribution in [0, 0.1) is 0 Å². The molecule has 0 aliphatic carbocycles. The fourth-order valence-electron chi connectivity index (χ4n) is 1.70. The van der Waals surface area contributed by atoms with Gasteiger partial charge in [0.05, 0.1) is 6.10 Å². The Bertz CT molecular complexity index is 380. The standard InChI is InChI=1S/C14H22N2O2/c1-3-18-11(2)10-16-14(17)8-7-12-5-4-6-13(15)9-12/h4-6,9,11H,3,7-8,10,15H2,1-2H3,(H,16,17). The van der Waals surface area contributed by atoms with Crippen molar-refractivity contribution >= 4 is 11.6 Å². The Kier molecular flexibility index (Phi) is 6.22. The van der Waals surface area contributed by atoms with E-state index in [1.165, 1.54) is 0 Å². The summed E-state index contributed by atoms with van der Waals surface area (Å²) >= 11 is 0. The zero-order chi connectivity index (χ0) is 13.4. The maximum Gasteiger partial charge on any atom is 0.220 e. The maximum atomic E-state index is 11.6. The fraction of sp³-hybridized carbons (Fsp3) is 0.500. The lowest BCUT2D eigenvalue weighted by Crippen LogP contribution is -2.32. The molecule has 0 radical (unpaired) electrons. The van der Waals surface area contributed by atoms with Crippen molar-refractivity contribution in [2.45, 2.75) is 32.8 Å². The fourth-order valence-corrected chi connectivity index (χ4v) is 1.70. The molecule has 18 heavy (non-hydrogen) atoms. The van der Waals surface area contributed by atoms with E-state index in [1.54, 1.807) is 0 Å². The molecule has 0 saturated heterocycles. The number of carbonyl (C=O) groups is 1. The van der Waals surface area contributed by atoms with E-state index in [4.69, 9.17) is 10.5 Å². The van der Waals surface area contributed by atoms with Gasteiger partial charge in [0.15, 0.2) is 0 Å². The van der Waals surface area contributed by atoms with Crippen LogP contribution in [0.1, 0.15) is 25.8 Å². The summed E-state index contributed by atoms with van der Waals surface area (Å²) in [6.45, 7) is 5.11. The third-order valence-electron chi connectivity index (χ3n) is 2.63. The second-order valence-electron chi connectivity index (χ2n) is 4.32. The van der Waals surface area contributed by atoms with Crippen molar-refractivity contribution in [3.63, 3.8) is 0 Å². The van der Waals surface area contributed by atoms with Gasteiger partial charge >= 0.3 is 0 Å². The van der Waals surface area contributed by atoms with Gasteiger partial charge in [0.25, 0.3) is 0 Å². The first-order valence-corrected chi connectivity index (χ1v) is 6.34. The van der Waals surface area contributed by atoms with Gasteiger partial charge in [-0.2, -0.15) is 0 Å². The number of carbonyl (C=O) groups excluding carboxylic acids is 1. The van der Waals surface area contributed by atoms with E-state index in [1.807, 2.05) is 38.1 Å². The minimum Gasteiger partial charge on any atom is -0.399 e. The lowest BCUT2D eigenvalue weighted by Gasteiger charge is -2.12. The number of aryl methyl sites for hydroxylation is 1. The Balaban J connectivity index is 2.25. The molecular formula is C14H22N2O2. The third-order valence-corrected chi connectivity index (χ3v) is 2.63. The Morgan fingerprint density at radius 3 is 2.94 bits per heavy atom. The summed E-state index contributed by atoms with van der Waals surface area (Å²) in [6, 6.07) is 7.62. The van der Waals surface area contributed by atoms with Gasteiger partial charge < -0.3 is 15.8 Å². The zero-order valence-corrected chi connectivity index (χ0v) is 11.1. The predicted molar refractivity (Wildman–Crippen MR) is 73.3 cm³/mol. The highest BCUT2D eigenvalue weighted by Gasteiger charge is 2.05. The predicted octanol–water partition coefficient (Wildman–Crippen LogP) is 1.74. The topological polar surface area (TPSA) is 64.3 Å². The first kappa shape index (κ1) is 14.5. The van der Waals surface area contributed by atoms with Crippen molar-refractivity contribution in [2.75, 3.05) is 18.9 Å². The molecule has 0 saturated carbocycles. The first-order chi connectivity index (χ1) is 8.61. The summed E-state index contributed by atoms with van der Waals surface area (Å²) in [5, 5.41) is 2.86. The van der Waals surface area contributed by atoms with Crippen molar-refractivity contribution in [3.8, 4) is 0 Å². The number of ether oxygens (including phenoxy) is 1. The van der Waals surface area contributed by atoms with Gasteiger partial charge in [-0.15, -0.1) is 0 Å². The van der Waals surface area contributed by atoms with Crippen LogP contribution in [0.25, 0.3) is 0 Å². The minimum atomic E-state index is 0.0453. The molecule has 0 spiro atoms. The SMILES string of the molecule is CCOC(C)CNC(=O)CCc1cccc(N)c1. The van der Waals surface area contributed by atoms with E-state index in [-0.39, 0.29) is 12.0 Å². The molecule has 0 heterocycles. The highest BCUT2D eigenvalue weighted by molar-refractivity contribution is 5.76. The highest BCUT2D eigenvalue weighted by Crippen LogP contribution is 2.08. The minimum absolute atomic E-state index is 0.0453. The number of nitrogens with one attached hydrogen (secondary N) is 1. The Labute approximate surface area is 109 Å². The summed E-state index contributed by atoms with van der Waals surface area (Å²) < 4.78 is 5.34. The van der Waals surface area contributed by atoms with Crippen LogP contribution in [0.4, 0.5) is 5.69 Å². The van der Waals surface area contributed by atoms with Crippen LogP contribution in [0.2, 0.25) is 0 Å². The Hall–Kier alpha value is -1.55. The largest absolute Gasteiger partial charge is 0.399 e. The molecule has 1 aromatic carbocycles. The molecule has 4 heteroatoms. The van der Waals surface area contributed by atoms with E-state index >= 15 is 0 Å². The summed E-state index contributed by atoms with van der Waals surface area (Å²) in [4.78, 5) is 11.6. The maximum absolute atomic E-state index is 11.6. The van der Waals surface area contributed by atoms with Gasteiger partial charge in [0.1, 0.15) is 0 Å². The van der Waals surface area contributed by atoms with Gasteiger partial charge in [-0.3, -0.25) is 4.79 Å². The number of rotatable bonds is 7. The molecular weight excluding hydrogens is 228 g/mol. The van der Waals surface area contributed by atoms with Crippen molar-refractivity contribution in [2.24, 2.45) is 0 Å². The molecule has 3 N–H and O–H groups in total. The zero-order valence-electron chi connectivity index (χ0n) is 11.1. The van der Waals surface area contributed by atoms with Gasteiger partial charge in [-0.05, 0) is 38.0 Å². The number of anilines is 1. The van der Waals surface area contributed by atoms with E-state index in [9.17, 15) is 4.79 Å². The van der Waals surface area contributed by atoms with Gasteiger partial charge in [0, 0.05) is 25.3 Å². The molecule has 1 unspecified atom stereocenters. The van der Waals surface area contributed by atoms with E-state index in [0.717, 1.165) is 11.3 Å². The molecule has 4 nitrogen and oxygen atoms in total. The molecule has 1 aromatic rings. The van der Waals surface area contributed by atoms with Crippen LogP contribution < -0.4 is 11.1 Å². The van der Waals surface area contributed by atoms with Gasteiger partial charge in [-0.1, -0.05) is 12.1 Å². The van der Waals surface area contributed by atoms with E-state index in [2.05, 4.69) is 5.32 Å². The highest BCUT2D eigenvalue weighted by atomic mass is 16.5. The number of hydrogen-bond donors (Lipinski definition) is 2. The molecule has 100 valence electrons. The summed E-state index contributed by atoms with van der Waals surface area (Å²) in [5.41, 5.74) is 7.50. The Morgan fingerprint density at radius 1 is 1.50 bits per heavy atom. The van der Waals surface area contributed by atoms with Gasteiger partial charge in [0.2, 0.25) is 5.91 Å². The van der Waals surface area contributed by atoms with E-state index < -0.39 is 0 Å². The van der Waals surface area contributed by atoms with Crippen LogP contribution >= 0.6 is 0 Å². The first-order valence-electron chi connectivity index (χ1n) is 6.34. The quantitative estimate of drug-likeness (QED) is 0.724. The molecule has 0 aliphatic heterocycles. The molecule has 1 rings (SSSR count). The van der Waals surface area contributed by atoms with Crippen molar-refractivity contribution < 1.29 is 9.53 Å². The summed E-state index contributed by atoms with van der Waals surface area (Å²) in [5.74, 6) is 0.0453. The molecule has 0 fully saturated rings. The average molecular weight is 250 g/mol. The molecule has 1 atom stereocenters. The third kappa shape index (κ3) is 5.68. The number of nitrogen functional groups attached to an aromatic ring is 1. The number of nitrogens with two attached hydrogens (primary N) is 1.